The molecule has 0 aromatic rings. The molecular weight excluding hydrogens is 236 g/mol. The molecule has 19 heavy (non-hydrogen) atoms. The molecule has 2 nitrogen and oxygen atoms in total. The Hall–Kier alpha value is -1.05. The topological polar surface area (TPSA) is 26.3 Å². The third-order valence-electron chi connectivity index (χ3n) is 4.84. The van der Waals surface area contributed by atoms with Gasteiger partial charge in [-0.25, -0.2) is 0 Å². The van der Waals surface area contributed by atoms with Crippen molar-refractivity contribution in [3.8, 4) is 0 Å². The molecule has 0 bridgehead atoms. The first-order valence-corrected chi connectivity index (χ1v) is 7.41. The highest BCUT2D eigenvalue weighted by molar-refractivity contribution is 5.77. The zero-order valence-corrected chi connectivity index (χ0v) is 12.7. The van der Waals surface area contributed by atoms with Crippen molar-refractivity contribution in [3.63, 3.8) is 0 Å². The van der Waals surface area contributed by atoms with Crippen molar-refractivity contribution in [2.24, 2.45) is 17.3 Å². The molecule has 0 saturated heterocycles. The summed E-state index contributed by atoms with van der Waals surface area (Å²) >= 11 is 0. The number of carbonyl (C=O) groups excluding carboxylic acids is 1. The molecule has 2 heteroatoms. The third-order valence-corrected chi connectivity index (χ3v) is 4.84. The number of rotatable bonds is 0. The molecule has 1 aliphatic heterocycles. The number of esters is 1. The van der Waals surface area contributed by atoms with E-state index in [2.05, 4.69) is 33.8 Å². The van der Waals surface area contributed by atoms with Crippen LogP contribution in [-0.2, 0) is 9.53 Å². The van der Waals surface area contributed by atoms with Gasteiger partial charge in [0.25, 0.3) is 0 Å². The second-order valence-corrected chi connectivity index (χ2v) is 6.71. The van der Waals surface area contributed by atoms with E-state index in [1.807, 2.05) is 6.08 Å². The van der Waals surface area contributed by atoms with E-state index in [0.29, 0.717) is 12.5 Å². The molecule has 106 valence electrons. The first-order valence-electron chi connectivity index (χ1n) is 7.41. The van der Waals surface area contributed by atoms with E-state index < -0.39 is 0 Å². The van der Waals surface area contributed by atoms with E-state index in [-0.39, 0.29) is 17.3 Å². The van der Waals surface area contributed by atoms with Crippen molar-refractivity contribution in [1.82, 2.24) is 0 Å². The molecular formula is C17H26O2. The van der Waals surface area contributed by atoms with Crippen molar-refractivity contribution >= 4 is 5.97 Å². The van der Waals surface area contributed by atoms with Crippen LogP contribution in [0.2, 0.25) is 0 Å². The maximum Gasteiger partial charge on any atom is 0.310 e. The maximum absolute atomic E-state index is 12.1. The number of carbonyl (C=O) groups is 1. The number of hydrogen-bond acceptors (Lipinski definition) is 2. The van der Waals surface area contributed by atoms with E-state index in [1.165, 1.54) is 11.1 Å². The van der Waals surface area contributed by atoms with Crippen LogP contribution in [0, 0.1) is 17.3 Å². The number of fused-ring (bicyclic) bond motifs is 1. The van der Waals surface area contributed by atoms with Crippen LogP contribution in [-0.4, -0.2) is 12.6 Å². The number of allylic oxidation sites excluding steroid dienone is 3. The average Bonchev–Trinajstić information content (AvgIpc) is 2.87. The summed E-state index contributed by atoms with van der Waals surface area (Å²) in [5.74, 6) is 0.601. The Kier molecular flexibility index (Phi) is 4.17. The average molecular weight is 262 g/mol. The zero-order valence-electron chi connectivity index (χ0n) is 12.7. The lowest BCUT2D eigenvalue weighted by Crippen LogP contribution is -2.11. The predicted octanol–water partition coefficient (Wildman–Crippen LogP) is 4.27. The molecule has 0 aromatic heterocycles. The number of cyclic esters (lactones) is 1. The van der Waals surface area contributed by atoms with Crippen LogP contribution < -0.4 is 0 Å². The standard InChI is InChI=1S/C17H26O2/c1-12-6-5-7-13(2)10-11-19-16(18)15-14(9-8-12)17(15,3)4/h6,10,14-15H,5,7-9,11H2,1-4H3/b12-6+,13-10?/t14-,15+/m1/s1. The van der Waals surface area contributed by atoms with Crippen molar-refractivity contribution < 1.29 is 9.53 Å². The molecule has 0 amide bonds. The van der Waals surface area contributed by atoms with Gasteiger partial charge in [-0.3, -0.25) is 4.79 Å². The van der Waals surface area contributed by atoms with E-state index in [1.54, 1.807) is 0 Å². The Morgan fingerprint density at radius 2 is 1.84 bits per heavy atom. The second kappa shape index (κ2) is 5.52. The summed E-state index contributed by atoms with van der Waals surface area (Å²) in [4.78, 5) is 12.1. The van der Waals surface area contributed by atoms with Gasteiger partial charge in [-0.1, -0.05) is 31.1 Å². The molecule has 1 saturated carbocycles. The molecule has 2 atom stereocenters. The largest absolute Gasteiger partial charge is 0.461 e. The Bertz CT molecular complexity index is 415. The summed E-state index contributed by atoms with van der Waals surface area (Å²) in [5, 5.41) is 0. The van der Waals surface area contributed by atoms with Crippen molar-refractivity contribution in [2.45, 2.75) is 53.4 Å². The summed E-state index contributed by atoms with van der Waals surface area (Å²) in [7, 11) is 0. The first-order chi connectivity index (χ1) is 8.93. The van der Waals surface area contributed by atoms with Gasteiger partial charge in [-0.2, -0.15) is 0 Å². The minimum atomic E-state index is -0.0000652. The molecule has 1 heterocycles. The normalized spacial score (nSPS) is 34.4. The molecule has 1 fully saturated rings. The number of ether oxygens (including phenoxy) is 1. The van der Waals surface area contributed by atoms with Crippen LogP contribution in [0.1, 0.15) is 53.4 Å². The fraction of sp³-hybridized carbons (Fsp3) is 0.706. The lowest BCUT2D eigenvalue weighted by Gasteiger charge is -2.05. The van der Waals surface area contributed by atoms with Gasteiger partial charge in [-0.15, -0.1) is 0 Å². The van der Waals surface area contributed by atoms with E-state index in [0.717, 1.165) is 25.7 Å². The van der Waals surface area contributed by atoms with Gasteiger partial charge in [0.05, 0.1) is 5.92 Å². The zero-order chi connectivity index (χ0) is 14.0. The highest BCUT2D eigenvalue weighted by atomic mass is 16.5. The summed E-state index contributed by atoms with van der Waals surface area (Å²) in [5.41, 5.74) is 2.89. The monoisotopic (exact) mass is 262 g/mol. The third kappa shape index (κ3) is 3.29. The van der Waals surface area contributed by atoms with E-state index in [9.17, 15) is 4.79 Å². The summed E-state index contributed by atoms with van der Waals surface area (Å²) in [6, 6.07) is 0. The van der Waals surface area contributed by atoms with Gasteiger partial charge in [0, 0.05) is 0 Å². The Morgan fingerprint density at radius 1 is 1.16 bits per heavy atom. The van der Waals surface area contributed by atoms with Gasteiger partial charge < -0.3 is 4.74 Å². The van der Waals surface area contributed by atoms with Gasteiger partial charge in [-0.05, 0) is 56.9 Å². The van der Waals surface area contributed by atoms with Crippen LogP contribution in [0.15, 0.2) is 23.3 Å². The van der Waals surface area contributed by atoms with Crippen LogP contribution >= 0.6 is 0 Å². The summed E-state index contributed by atoms with van der Waals surface area (Å²) in [6.07, 6.45) is 8.78. The molecule has 0 spiro atoms. The van der Waals surface area contributed by atoms with E-state index in [4.69, 9.17) is 4.74 Å². The summed E-state index contributed by atoms with van der Waals surface area (Å²) in [6.45, 7) is 9.14. The van der Waals surface area contributed by atoms with Gasteiger partial charge in [0.1, 0.15) is 6.61 Å². The van der Waals surface area contributed by atoms with E-state index >= 15 is 0 Å². The van der Waals surface area contributed by atoms with Crippen LogP contribution in [0.3, 0.4) is 0 Å². The van der Waals surface area contributed by atoms with Crippen LogP contribution in [0.4, 0.5) is 0 Å². The molecule has 0 unspecified atom stereocenters. The minimum Gasteiger partial charge on any atom is -0.461 e. The summed E-state index contributed by atoms with van der Waals surface area (Å²) < 4.78 is 5.41. The second-order valence-electron chi connectivity index (χ2n) is 6.71. The van der Waals surface area contributed by atoms with Crippen molar-refractivity contribution in [3.05, 3.63) is 23.3 Å². The minimum absolute atomic E-state index is 0.0000652. The van der Waals surface area contributed by atoms with Crippen LogP contribution in [0.25, 0.3) is 0 Å². The maximum atomic E-state index is 12.1. The smallest absolute Gasteiger partial charge is 0.310 e. The predicted molar refractivity (Wildman–Crippen MR) is 77.7 cm³/mol. The molecule has 0 aromatic carbocycles. The van der Waals surface area contributed by atoms with Crippen LogP contribution in [0.5, 0.6) is 0 Å². The lowest BCUT2D eigenvalue weighted by molar-refractivity contribution is -0.145. The van der Waals surface area contributed by atoms with Gasteiger partial charge in [0.2, 0.25) is 0 Å². The Labute approximate surface area is 116 Å². The Morgan fingerprint density at radius 3 is 2.58 bits per heavy atom. The van der Waals surface area contributed by atoms with Gasteiger partial charge >= 0.3 is 5.97 Å². The molecule has 2 rings (SSSR count). The number of hydrogen-bond donors (Lipinski definition) is 0. The fourth-order valence-electron chi connectivity index (χ4n) is 3.24. The lowest BCUT2D eigenvalue weighted by atomic mass is 10.0. The quantitative estimate of drug-likeness (QED) is 0.481. The molecule has 1 aliphatic carbocycles. The first kappa shape index (κ1) is 14.4. The fourth-order valence-corrected chi connectivity index (χ4v) is 3.24. The van der Waals surface area contributed by atoms with Crippen molar-refractivity contribution in [1.29, 1.82) is 0 Å². The highest BCUT2D eigenvalue weighted by Gasteiger charge is 2.61. The Balaban J connectivity index is 2.08. The highest BCUT2D eigenvalue weighted by Crippen LogP contribution is 2.61. The molecule has 0 radical (unpaired) electrons. The van der Waals surface area contributed by atoms with Crippen molar-refractivity contribution in [2.75, 3.05) is 6.61 Å². The SMILES string of the molecule is CC1=CCOC(=O)[C@@H]2[C@@H](CC/C(C)=C/CC1)C2(C)C. The van der Waals surface area contributed by atoms with Gasteiger partial charge in [0.15, 0.2) is 0 Å². The molecule has 0 N–H and O–H groups in total. The molecule has 2 aliphatic rings.